The molecular weight excluding hydrogens is 269 g/mol. The van der Waals surface area contributed by atoms with E-state index in [1.54, 1.807) is 0 Å². The van der Waals surface area contributed by atoms with E-state index in [0.717, 1.165) is 0 Å². The van der Waals surface area contributed by atoms with E-state index < -0.39 is 5.41 Å². The van der Waals surface area contributed by atoms with Crippen LogP contribution < -0.4 is 5.32 Å². The minimum absolute atomic E-state index is 0.0598. The van der Waals surface area contributed by atoms with Gasteiger partial charge in [-0.1, -0.05) is 20.8 Å². The summed E-state index contributed by atoms with van der Waals surface area (Å²) in [5.41, 5.74) is -1.15. The summed E-state index contributed by atoms with van der Waals surface area (Å²) < 4.78 is 11.8. The normalized spacial score (nSPS) is 22.2. The molecule has 122 valence electrons. The summed E-state index contributed by atoms with van der Waals surface area (Å²) in [5, 5.41) is 12.3. The molecule has 1 unspecified atom stereocenters. The molecule has 1 aliphatic rings. The van der Waals surface area contributed by atoms with Crippen molar-refractivity contribution in [3.63, 3.8) is 0 Å². The molecule has 1 aliphatic heterocycles. The van der Waals surface area contributed by atoms with Crippen LogP contribution in [-0.4, -0.2) is 42.0 Å². The second kappa shape index (κ2) is 6.27. The summed E-state index contributed by atoms with van der Waals surface area (Å²) in [6, 6.07) is -0.268. The standard InChI is InChI=1S/C15H30BNO4/c1-13(2,3)12(19)17-11(10-18)8-9-16-20-14(4,5)15(6,7)21-16/h11,18H,8-10H2,1-7H3,(H,17,19). The number of rotatable bonds is 5. The highest BCUT2D eigenvalue weighted by Gasteiger charge is 2.50. The highest BCUT2D eigenvalue weighted by atomic mass is 16.7. The number of carbonyl (C=O) groups excluding carboxylic acids is 1. The van der Waals surface area contributed by atoms with Gasteiger partial charge >= 0.3 is 7.12 Å². The van der Waals surface area contributed by atoms with Crippen molar-refractivity contribution in [3.05, 3.63) is 0 Å². The van der Waals surface area contributed by atoms with Gasteiger partial charge in [0.05, 0.1) is 23.9 Å². The second-order valence-corrected chi connectivity index (χ2v) is 7.87. The number of hydrogen-bond acceptors (Lipinski definition) is 4. The van der Waals surface area contributed by atoms with E-state index in [9.17, 15) is 9.90 Å². The van der Waals surface area contributed by atoms with Gasteiger partial charge in [-0.05, 0) is 40.4 Å². The molecule has 0 aliphatic carbocycles. The molecule has 0 radical (unpaired) electrons. The van der Waals surface area contributed by atoms with Crippen LogP contribution in [-0.2, 0) is 14.1 Å². The lowest BCUT2D eigenvalue weighted by molar-refractivity contribution is -0.129. The average Bonchev–Trinajstić information content (AvgIpc) is 2.51. The van der Waals surface area contributed by atoms with E-state index in [0.29, 0.717) is 12.7 Å². The highest BCUT2D eigenvalue weighted by Crippen LogP contribution is 2.38. The first-order valence-electron chi connectivity index (χ1n) is 7.66. The molecule has 1 fully saturated rings. The van der Waals surface area contributed by atoms with Crippen LogP contribution in [0.15, 0.2) is 0 Å². The van der Waals surface area contributed by atoms with Gasteiger partial charge in [-0.15, -0.1) is 0 Å². The van der Waals surface area contributed by atoms with Gasteiger partial charge in [0.15, 0.2) is 0 Å². The molecule has 1 amide bonds. The molecule has 1 atom stereocenters. The van der Waals surface area contributed by atoms with Gasteiger partial charge in [0.2, 0.25) is 5.91 Å². The third-order valence-corrected chi connectivity index (χ3v) is 4.29. The molecule has 21 heavy (non-hydrogen) atoms. The van der Waals surface area contributed by atoms with Crippen LogP contribution in [0.25, 0.3) is 0 Å². The van der Waals surface area contributed by atoms with Crippen LogP contribution >= 0.6 is 0 Å². The fraction of sp³-hybridized carbons (Fsp3) is 0.933. The quantitative estimate of drug-likeness (QED) is 0.762. The molecule has 0 aromatic rings. The summed E-state index contributed by atoms with van der Waals surface area (Å²) in [6.45, 7) is 13.5. The molecule has 0 aromatic heterocycles. The van der Waals surface area contributed by atoms with Gasteiger partial charge in [0.1, 0.15) is 0 Å². The van der Waals surface area contributed by atoms with Crippen molar-refractivity contribution in [1.29, 1.82) is 0 Å². The van der Waals surface area contributed by atoms with Gasteiger partial charge in [-0.25, -0.2) is 0 Å². The highest BCUT2D eigenvalue weighted by molar-refractivity contribution is 6.45. The van der Waals surface area contributed by atoms with Gasteiger partial charge < -0.3 is 19.7 Å². The number of carbonyl (C=O) groups is 1. The maximum absolute atomic E-state index is 12.0. The first-order chi connectivity index (χ1) is 9.39. The fourth-order valence-corrected chi connectivity index (χ4v) is 2.03. The van der Waals surface area contributed by atoms with Crippen molar-refractivity contribution >= 4 is 13.0 Å². The zero-order valence-electron chi connectivity index (χ0n) is 14.4. The summed E-state index contributed by atoms with van der Waals surface area (Å²) in [7, 11) is -0.296. The van der Waals surface area contributed by atoms with Gasteiger partial charge in [-0.3, -0.25) is 4.79 Å². The van der Waals surface area contributed by atoms with E-state index in [2.05, 4.69) is 5.32 Å². The Morgan fingerprint density at radius 1 is 1.19 bits per heavy atom. The van der Waals surface area contributed by atoms with Gasteiger partial charge in [0.25, 0.3) is 0 Å². The summed E-state index contributed by atoms with van der Waals surface area (Å²) in [5.74, 6) is -0.0598. The summed E-state index contributed by atoms with van der Waals surface area (Å²) in [6.07, 6.45) is 1.26. The van der Waals surface area contributed by atoms with Crippen LogP contribution in [0.4, 0.5) is 0 Å². The number of amides is 1. The number of nitrogens with one attached hydrogen (secondary N) is 1. The third kappa shape index (κ3) is 4.69. The number of hydrogen-bond donors (Lipinski definition) is 2. The molecule has 0 aromatic carbocycles. The van der Waals surface area contributed by atoms with Crippen LogP contribution in [0, 0.1) is 5.41 Å². The lowest BCUT2D eigenvalue weighted by atomic mass is 9.81. The molecule has 1 saturated heterocycles. The zero-order valence-corrected chi connectivity index (χ0v) is 14.4. The maximum Gasteiger partial charge on any atom is 0.457 e. The smallest absolute Gasteiger partial charge is 0.403 e. The molecule has 0 bridgehead atoms. The monoisotopic (exact) mass is 299 g/mol. The molecule has 1 rings (SSSR count). The van der Waals surface area contributed by atoms with Crippen LogP contribution in [0.1, 0.15) is 54.9 Å². The van der Waals surface area contributed by atoms with Crippen molar-refractivity contribution in [3.8, 4) is 0 Å². The van der Waals surface area contributed by atoms with E-state index in [-0.39, 0.29) is 36.9 Å². The Kier molecular flexibility index (Phi) is 5.51. The Morgan fingerprint density at radius 3 is 2.05 bits per heavy atom. The average molecular weight is 299 g/mol. The molecule has 2 N–H and O–H groups in total. The Balaban J connectivity index is 2.49. The topological polar surface area (TPSA) is 67.8 Å². The molecule has 6 heteroatoms. The fourth-order valence-electron chi connectivity index (χ4n) is 2.03. The molecular formula is C15H30BNO4. The van der Waals surface area contributed by atoms with Crippen molar-refractivity contribution in [2.45, 2.75) is 78.5 Å². The lowest BCUT2D eigenvalue weighted by Gasteiger charge is -2.32. The van der Waals surface area contributed by atoms with Crippen molar-refractivity contribution in [1.82, 2.24) is 5.32 Å². The predicted molar refractivity (Wildman–Crippen MR) is 84.0 cm³/mol. The van der Waals surface area contributed by atoms with Crippen LogP contribution in [0.2, 0.25) is 6.32 Å². The van der Waals surface area contributed by atoms with Crippen LogP contribution in [0.5, 0.6) is 0 Å². The van der Waals surface area contributed by atoms with Crippen LogP contribution in [0.3, 0.4) is 0 Å². The Bertz CT molecular complexity index is 360. The first kappa shape index (κ1) is 18.5. The Labute approximate surface area is 128 Å². The van der Waals surface area contributed by atoms with Gasteiger partial charge in [-0.2, -0.15) is 0 Å². The van der Waals surface area contributed by atoms with Crippen molar-refractivity contribution < 1.29 is 19.2 Å². The minimum atomic E-state index is -0.461. The summed E-state index contributed by atoms with van der Waals surface area (Å²) >= 11 is 0. The number of aliphatic hydroxyl groups excluding tert-OH is 1. The molecule has 1 heterocycles. The third-order valence-electron chi connectivity index (χ3n) is 4.29. The molecule has 0 spiro atoms. The molecule has 5 nitrogen and oxygen atoms in total. The van der Waals surface area contributed by atoms with Gasteiger partial charge in [0, 0.05) is 5.41 Å². The van der Waals surface area contributed by atoms with E-state index >= 15 is 0 Å². The minimum Gasteiger partial charge on any atom is -0.403 e. The lowest BCUT2D eigenvalue weighted by Crippen LogP contribution is -2.44. The van der Waals surface area contributed by atoms with E-state index in [1.807, 2.05) is 48.5 Å². The zero-order chi connectivity index (χ0) is 16.5. The summed E-state index contributed by atoms with van der Waals surface area (Å²) in [4.78, 5) is 12.0. The number of aliphatic hydroxyl groups is 1. The Hall–Kier alpha value is -0.585. The first-order valence-corrected chi connectivity index (χ1v) is 7.66. The largest absolute Gasteiger partial charge is 0.457 e. The SMILES string of the molecule is CC(C)(C)C(=O)NC(CO)CCB1OC(C)(C)C(C)(C)O1. The molecule has 0 saturated carbocycles. The Morgan fingerprint density at radius 2 is 1.67 bits per heavy atom. The predicted octanol–water partition coefficient (Wildman–Crippen LogP) is 1.99. The second-order valence-electron chi connectivity index (χ2n) is 7.87. The van der Waals surface area contributed by atoms with E-state index in [4.69, 9.17) is 9.31 Å². The van der Waals surface area contributed by atoms with Crippen molar-refractivity contribution in [2.75, 3.05) is 6.61 Å². The maximum atomic E-state index is 12.0. The van der Waals surface area contributed by atoms with Crippen molar-refractivity contribution in [2.24, 2.45) is 5.41 Å². The van der Waals surface area contributed by atoms with E-state index in [1.165, 1.54) is 0 Å².